The molecule has 0 aromatic carbocycles. The first-order valence-corrected chi connectivity index (χ1v) is 4.68. The van der Waals surface area contributed by atoms with Gasteiger partial charge in [0.05, 0.1) is 0 Å². The second-order valence-electron chi connectivity index (χ2n) is 3.31. The maximum absolute atomic E-state index is 11.3. The highest BCUT2D eigenvalue weighted by atomic mass is 16.4. The van der Waals surface area contributed by atoms with Gasteiger partial charge in [-0.1, -0.05) is 0 Å². The predicted octanol–water partition coefficient (Wildman–Crippen LogP) is -0.471. The second-order valence-corrected chi connectivity index (χ2v) is 3.31. The van der Waals surface area contributed by atoms with Gasteiger partial charge < -0.3 is 14.8 Å². The molecule has 1 aliphatic heterocycles. The van der Waals surface area contributed by atoms with Crippen LogP contribution in [-0.4, -0.2) is 29.9 Å². The summed E-state index contributed by atoms with van der Waals surface area (Å²) in [7, 11) is 0. The van der Waals surface area contributed by atoms with Gasteiger partial charge in [0.1, 0.15) is 0 Å². The molecule has 0 bridgehead atoms. The lowest BCUT2D eigenvalue weighted by molar-refractivity contribution is -0.305. The first-order chi connectivity index (χ1) is 6.20. The molecule has 1 amide bonds. The number of rotatable bonds is 4. The molecule has 0 aromatic rings. The molecule has 1 fully saturated rings. The van der Waals surface area contributed by atoms with Crippen molar-refractivity contribution in [2.45, 2.75) is 32.1 Å². The SMILES string of the molecule is O=C([O-])CCCC(=O)N1CCCC1. The Balaban J connectivity index is 2.13. The van der Waals surface area contributed by atoms with Gasteiger partial charge in [0.25, 0.3) is 0 Å². The highest BCUT2D eigenvalue weighted by Gasteiger charge is 2.16. The lowest BCUT2D eigenvalue weighted by atomic mass is 10.2. The van der Waals surface area contributed by atoms with Crippen molar-refractivity contribution in [2.24, 2.45) is 0 Å². The highest BCUT2D eigenvalue weighted by Crippen LogP contribution is 2.10. The molecule has 1 aliphatic rings. The largest absolute Gasteiger partial charge is 0.550 e. The first kappa shape index (κ1) is 10.0. The van der Waals surface area contributed by atoms with Gasteiger partial charge in [-0.2, -0.15) is 0 Å². The number of amides is 1. The Morgan fingerprint density at radius 1 is 1.15 bits per heavy atom. The molecule has 0 aromatic heterocycles. The zero-order chi connectivity index (χ0) is 9.68. The van der Waals surface area contributed by atoms with Gasteiger partial charge in [-0.05, 0) is 25.7 Å². The number of aliphatic carboxylic acids is 1. The maximum Gasteiger partial charge on any atom is 0.222 e. The zero-order valence-corrected chi connectivity index (χ0v) is 7.62. The third-order valence-corrected chi connectivity index (χ3v) is 2.23. The summed E-state index contributed by atoms with van der Waals surface area (Å²) in [5.41, 5.74) is 0. The first-order valence-electron chi connectivity index (χ1n) is 4.68. The van der Waals surface area contributed by atoms with Gasteiger partial charge in [-0.15, -0.1) is 0 Å². The van der Waals surface area contributed by atoms with Gasteiger partial charge >= 0.3 is 0 Å². The Kier molecular flexibility index (Phi) is 3.73. The molecule has 1 rings (SSSR count). The molecule has 0 aliphatic carbocycles. The molecule has 0 unspecified atom stereocenters. The molecule has 1 saturated heterocycles. The van der Waals surface area contributed by atoms with E-state index >= 15 is 0 Å². The molecule has 13 heavy (non-hydrogen) atoms. The summed E-state index contributed by atoms with van der Waals surface area (Å²) in [5.74, 6) is -0.993. The van der Waals surface area contributed by atoms with Gasteiger partial charge in [-0.3, -0.25) is 4.79 Å². The minimum absolute atomic E-state index is 0.0143. The summed E-state index contributed by atoms with van der Waals surface area (Å²) >= 11 is 0. The Labute approximate surface area is 77.5 Å². The van der Waals surface area contributed by atoms with Gasteiger partial charge in [0, 0.05) is 25.5 Å². The number of carbonyl (C=O) groups is 2. The lowest BCUT2D eigenvalue weighted by Gasteiger charge is -2.14. The van der Waals surface area contributed by atoms with E-state index in [1.54, 1.807) is 4.90 Å². The third-order valence-electron chi connectivity index (χ3n) is 2.23. The molecule has 1 heterocycles. The Morgan fingerprint density at radius 2 is 1.77 bits per heavy atom. The summed E-state index contributed by atoms with van der Waals surface area (Å²) < 4.78 is 0. The summed E-state index contributed by atoms with van der Waals surface area (Å²) in [6.07, 6.45) is 2.88. The Hall–Kier alpha value is -1.06. The number of carboxylic acid groups (broad SMARTS) is 1. The van der Waals surface area contributed by atoms with E-state index in [4.69, 9.17) is 0 Å². The molecule has 4 heteroatoms. The van der Waals surface area contributed by atoms with E-state index in [2.05, 4.69) is 0 Å². The number of hydrogen-bond donors (Lipinski definition) is 0. The van der Waals surface area contributed by atoms with E-state index in [-0.39, 0.29) is 12.3 Å². The quantitative estimate of drug-likeness (QED) is 0.593. The van der Waals surface area contributed by atoms with Crippen molar-refractivity contribution < 1.29 is 14.7 Å². The van der Waals surface area contributed by atoms with Crippen LogP contribution in [0.25, 0.3) is 0 Å². The fraction of sp³-hybridized carbons (Fsp3) is 0.778. The number of nitrogens with zero attached hydrogens (tertiary/aromatic N) is 1. The zero-order valence-electron chi connectivity index (χ0n) is 7.62. The van der Waals surface area contributed by atoms with Crippen molar-refractivity contribution in [3.8, 4) is 0 Å². The van der Waals surface area contributed by atoms with E-state index in [1.165, 1.54) is 0 Å². The second kappa shape index (κ2) is 4.84. The summed E-state index contributed by atoms with van der Waals surface area (Å²) in [4.78, 5) is 23.2. The normalized spacial score (nSPS) is 16.2. The van der Waals surface area contributed by atoms with Crippen molar-refractivity contribution in [1.82, 2.24) is 4.90 Å². The number of carboxylic acids is 1. The Bertz CT molecular complexity index is 197. The Morgan fingerprint density at radius 3 is 2.31 bits per heavy atom. The van der Waals surface area contributed by atoms with Crippen LogP contribution in [0.4, 0.5) is 0 Å². The standard InChI is InChI=1S/C9H15NO3/c11-8(4-3-5-9(12)13)10-6-1-2-7-10/h1-7H2,(H,12,13)/p-1. The van der Waals surface area contributed by atoms with Crippen LogP contribution in [0.5, 0.6) is 0 Å². The van der Waals surface area contributed by atoms with Crippen molar-refractivity contribution in [3.63, 3.8) is 0 Å². The molecule has 0 saturated carbocycles. The smallest absolute Gasteiger partial charge is 0.222 e. The van der Waals surface area contributed by atoms with Crippen LogP contribution in [0.15, 0.2) is 0 Å². The van der Waals surface area contributed by atoms with E-state index in [9.17, 15) is 14.7 Å². The lowest BCUT2D eigenvalue weighted by Crippen LogP contribution is -2.28. The van der Waals surface area contributed by atoms with Crippen LogP contribution < -0.4 is 5.11 Å². The van der Waals surface area contributed by atoms with Crippen molar-refractivity contribution in [2.75, 3.05) is 13.1 Å². The van der Waals surface area contributed by atoms with E-state index < -0.39 is 5.97 Å². The summed E-state index contributed by atoms with van der Waals surface area (Å²) in [6.45, 7) is 1.67. The van der Waals surface area contributed by atoms with E-state index in [1.807, 2.05) is 0 Å². The van der Waals surface area contributed by atoms with Crippen molar-refractivity contribution in [1.29, 1.82) is 0 Å². The molecule has 0 spiro atoms. The average molecular weight is 184 g/mol. The van der Waals surface area contributed by atoms with E-state index in [0.717, 1.165) is 25.9 Å². The average Bonchev–Trinajstić information content (AvgIpc) is 2.55. The molecule has 0 N–H and O–H groups in total. The van der Waals surface area contributed by atoms with Crippen LogP contribution >= 0.6 is 0 Å². The van der Waals surface area contributed by atoms with Gasteiger partial charge in [0.2, 0.25) is 5.91 Å². The van der Waals surface area contributed by atoms with Crippen LogP contribution in [0.1, 0.15) is 32.1 Å². The topological polar surface area (TPSA) is 60.4 Å². The van der Waals surface area contributed by atoms with Crippen LogP contribution in [0, 0.1) is 0 Å². The minimum Gasteiger partial charge on any atom is -0.550 e. The van der Waals surface area contributed by atoms with Gasteiger partial charge in [-0.25, -0.2) is 0 Å². The van der Waals surface area contributed by atoms with Crippen LogP contribution in [0.3, 0.4) is 0 Å². The summed E-state index contributed by atoms with van der Waals surface area (Å²) in [6, 6.07) is 0. The monoisotopic (exact) mass is 184 g/mol. The fourth-order valence-corrected chi connectivity index (χ4v) is 1.51. The van der Waals surface area contributed by atoms with Crippen LogP contribution in [-0.2, 0) is 9.59 Å². The predicted molar refractivity (Wildman–Crippen MR) is 44.7 cm³/mol. The molecule has 4 nitrogen and oxygen atoms in total. The summed E-state index contributed by atoms with van der Waals surface area (Å²) in [5, 5.41) is 10.1. The van der Waals surface area contributed by atoms with Crippen molar-refractivity contribution >= 4 is 11.9 Å². The molecule has 0 radical (unpaired) electrons. The van der Waals surface area contributed by atoms with E-state index in [0.29, 0.717) is 12.8 Å². The third kappa shape index (κ3) is 3.44. The van der Waals surface area contributed by atoms with Crippen LogP contribution in [0.2, 0.25) is 0 Å². The highest BCUT2D eigenvalue weighted by molar-refractivity contribution is 5.77. The number of carbonyl (C=O) groups excluding carboxylic acids is 2. The number of hydrogen-bond acceptors (Lipinski definition) is 3. The molecular weight excluding hydrogens is 170 g/mol. The fourth-order valence-electron chi connectivity index (χ4n) is 1.51. The maximum atomic E-state index is 11.3. The number of likely N-dealkylation sites (tertiary alicyclic amines) is 1. The minimum atomic E-state index is -1.07. The molecular formula is C9H14NO3-. The molecule has 0 atom stereocenters. The molecule has 74 valence electrons. The van der Waals surface area contributed by atoms with Gasteiger partial charge in [0.15, 0.2) is 0 Å². The van der Waals surface area contributed by atoms with Crippen molar-refractivity contribution in [3.05, 3.63) is 0 Å².